The molecule has 0 saturated carbocycles. The number of anilines is 1. The highest BCUT2D eigenvalue weighted by atomic mass is 16.2. The van der Waals surface area contributed by atoms with Gasteiger partial charge in [0.15, 0.2) is 0 Å². The molecule has 0 N–H and O–H groups in total. The first-order valence-corrected chi connectivity index (χ1v) is 7.36. The average molecular weight is 277 g/mol. The highest BCUT2D eigenvalue weighted by Crippen LogP contribution is 2.17. The number of hydrogen-bond acceptors (Lipinski definition) is 2. The minimum atomic E-state index is 0.110. The summed E-state index contributed by atoms with van der Waals surface area (Å²) in [6.45, 7) is 9.50. The summed E-state index contributed by atoms with van der Waals surface area (Å²) in [6, 6.07) is 8.68. The second kappa shape index (κ2) is 7.78. The summed E-state index contributed by atoms with van der Waals surface area (Å²) in [5.74, 6) is 0. The fraction of sp³-hybridized carbons (Fsp3) is 0.562. The molecule has 1 aliphatic rings. The highest BCUT2D eigenvalue weighted by Gasteiger charge is 2.21. The number of hydrogen-bond donors (Lipinski definition) is 0. The first-order chi connectivity index (χ1) is 9.58. The molecule has 1 fully saturated rings. The molecular weight excluding hydrogens is 250 g/mol. The predicted molar refractivity (Wildman–Crippen MR) is 85.4 cm³/mol. The molecular formula is C16H27N3O. The molecule has 0 spiro atoms. The maximum Gasteiger partial charge on any atom is 0.319 e. The number of benzene rings is 1. The number of carbonyl (C=O) groups is 1. The molecule has 1 aromatic carbocycles. The van der Waals surface area contributed by atoms with E-state index in [0.717, 1.165) is 26.2 Å². The molecule has 0 radical (unpaired) electrons. The van der Waals surface area contributed by atoms with Gasteiger partial charge in [-0.1, -0.05) is 31.5 Å². The maximum absolute atomic E-state index is 11.8. The molecule has 0 atom stereocenters. The Bertz CT molecular complexity index is 406. The van der Waals surface area contributed by atoms with E-state index in [4.69, 9.17) is 0 Å². The van der Waals surface area contributed by atoms with Crippen molar-refractivity contribution in [1.29, 1.82) is 0 Å². The van der Waals surface area contributed by atoms with Crippen LogP contribution < -0.4 is 4.90 Å². The number of aryl methyl sites for hydroxylation is 1. The van der Waals surface area contributed by atoms with E-state index in [1.165, 1.54) is 11.3 Å². The van der Waals surface area contributed by atoms with E-state index in [1.807, 2.05) is 18.7 Å². The Labute approximate surface area is 123 Å². The summed E-state index contributed by atoms with van der Waals surface area (Å²) < 4.78 is 0. The van der Waals surface area contributed by atoms with Crippen LogP contribution in [0.25, 0.3) is 0 Å². The zero-order valence-electron chi connectivity index (χ0n) is 13.4. The predicted octanol–water partition coefficient (Wildman–Crippen LogP) is 2.82. The third-order valence-electron chi connectivity index (χ3n) is 3.33. The van der Waals surface area contributed by atoms with Crippen LogP contribution in [0.15, 0.2) is 24.3 Å². The minimum Gasteiger partial charge on any atom is -0.368 e. The topological polar surface area (TPSA) is 26.8 Å². The number of carbonyl (C=O) groups excluding carboxylic acids is 1. The molecule has 20 heavy (non-hydrogen) atoms. The molecule has 2 amide bonds. The van der Waals surface area contributed by atoms with Gasteiger partial charge in [0, 0.05) is 46.0 Å². The van der Waals surface area contributed by atoms with Crippen molar-refractivity contribution in [2.24, 2.45) is 0 Å². The lowest BCUT2D eigenvalue weighted by Gasteiger charge is -2.37. The molecule has 2 rings (SSSR count). The van der Waals surface area contributed by atoms with Crippen molar-refractivity contribution >= 4 is 11.7 Å². The summed E-state index contributed by atoms with van der Waals surface area (Å²) in [6.07, 6.45) is 0. The lowest BCUT2D eigenvalue weighted by atomic mass is 10.2. The van der Waals surface area contributed by atoms with Gasteiger partial charge in [-0.05, 0) is 19.1 Å². The maximum atomic E-state index is 11.8. The smallest absolute Gasteiger partial charge is 0.319 e. The summed E-state index contributed by atoms with van der Waals surface area (Å²) in [5.41, 5.74) is 2.53. The van der Waals surface area contributed by atoms with Crippen LogP contribution in [0.1, 0.15) is 19.4 Å². The number of urea groups is 1. The largest absolute Gasteiger partial charge is 0.368 e. The summed E-state index contributed by atoms with van der Waals surface area (Å²) in [7, 11) is 3.60. The Kier molecular flexibility index (Phi) is 6.36. The Balaban J connectivity index is 0.000000956. The van der Waals surface area contributed by atoms with Crippen LogP contribution >= 0.6 is 0 Å². The quantitative estimate of drug-likeness (QED) is 0.789. The van der Waals surface area contributed by atoms with Gasteiger partial charge in [0.2, 0.25) is 0 Å². The number of amides is 2. The minimum absolute atomic E-state index is 0.110. The molecule has 0 bridgehead atoms. The molecule has 4 nitrogen and oxygen atoms in total. The van der Waals surface area contributed by atoms with E-state index in [-0.39, 0.29) is 6.03 Å². The molecule has 1 saturated heterocycles. The lowest BCUT2D eigenvalue weighted by molar-refractivity contribution is 0.168. The van der Waals surface area contributed by atoms with Gasteiger partial charge >= 0.3 is 6.03 Å². The van der Waals surface area contributed by atoms with Gasteiger partial charge in [-0.25, -0.2) is 4.79 Å². The van der Waals surface area contributed by atoms with Crippen LogP contribution in [-0.4, -0.2) is 56.1 Å². The van der Waals surface area contributed by atoms with E-state index < -0.39 is 0 Å². The molecule has 0 aliphatic carbocycles. The van der Waals surface area contributed by atoms with Crippen LogP contribution in [0, 0.1) is 6.92 Å². The van der Waals surface area contributed by atoms with Crippen molar-refractivity contribution in [3.8, 4) is 0 Å². The standard InChI is InChI=1S/C14H21N3O.C2H6/c1-12-4-6-13(7-5-12)16-8-10-17(11-9-16)14(18)15(2)3;1-2/h4-7H,8-11H2,1-3H3;1-2H3. The highest BCUT2D eigenvalue weighted by molar-refractivity contribution is 5.74. The van der Waals surface area contributed by atoms with Gasteiger partial charge in [-0.2, -0.15) is 0 Å². The molecule has 1 aliphatic heterocycles. The van der Waals surface area contributed by atoms with Gasteiger partial charge < -0.3 is 14.7 Å². The number of nitrogens with zero attached hydrogens (tertiary/aromatic N) is 3. The Hall–Kier alpha value is -1.71. The van der Waals surface area contributed by atoms with E-state index in [2.05, 4.69) is 36.1 Å². The van der Waals surface area contributed by atoms with Gasteiger partial charge in [-0.3, -0.25) is 0 Å². The van der Waals surface area contributed by atoms with Crippen LogP contribution in [0.5, 0.6) is 0 Å². The van der Waals surface area contributed by atoms with E-state index in [1.54, 1.807) is 19.0 Å². The SMILES string of the molecule is CC.Cc1ccc(N2CCN(C(=O)N(C)C)CC2)cc1. The number of piperazine rings is 1. The molecule has 4 heteroatoms. The number of rotatable bonds is 1. The van der Waals surface area contributed by atoms with Crippen molar-refractivity contribution < 1.29 is 4.79 Å². The zero-order valence-corrected chi connectivity index (χ0v) is 13.4. The van der Waals surface area contributed by atoms with Crippen molar-refractivity contribution in [1.82, 2.24) is 9.80 Å². The second-order valence-electron chi connectivity index (χ2n) is 4.99. The zero-order chi connectivity index (χ0) is 15.1. The van der Waals surface area contributed by atoms with E-state index in [9.17, 15) is 4.79 Å². The van der Waals surface area contributed by atoms with Crippen molar-refractivity contribution in [2.75, 3.05) is 45.2 Å². The molecule has 0 aromatic heterocycles. The lowest BCUT2D eigenvalue weighted by Crippen LogP contribution is -2.51. The third kappa shape index (κ3) is 4.15. The normalized spacial score (nSPS) is 14.4. The van der Waals surface area contributed by atoms with E-state index >= 15 is 0 Å². The summed E-state index contributed by atoms with van der Waals surface area (Å²) in [4.78, 5) is 17.7. The molecule has 112 valence electrons. The molecule has 1 heterocycles. The Morgan fingerprint density at radius 2 is 1.50 bits per heavy atom. The van der Waals surface area contributed by atoms with Crippen molar-refractivity contribution in [3.05, 3.63) is 29.8 Å². The first-order valence-electron chi connectivity index (χ1n) is 7.36. The van der Waals surface area contributed by atoms with Gasteiger partial charge in [0.25, 0.3) is 0 Å². The fourth-order valence-electron chi connectivity index (χ4n) is 2.19. The first kappa shape index (κ1) is 16.3. The van der Waals surface area contributed by atoms with Crippen LogP contribution in [0.3, 0.4) is 0 Å². The average Bonchev–Trinajstić information content (AvgIpc) is 2.49. The summed E-state index contributed by atoms with van der Waals surface area (Å²) in [5, 5.41) is 0. The van der Waals surface area contributed by atoms with Gasteiger partial charge in [-0.15, -0.1) is 0 Å². The summed E-state index contributed by atoms with van der Waals surface area (Å²) >= 11 is 0. The van der Waals surface area contributed by atoms with Crippen molar-refractivity contribution in [2.45, 2.75) is 20.8 Å². The fourth-order valence-corrected chi connectivity index (χ4v) is 2.19. The third-order valence-corrected chi connectivity index (χ3v) is 3.33. The molecule has 0 unspecified atom stereocenters. The van der Waals surface area contributed by atoms with Crippen molar-refractivity contribution in [3.63, 3.8) is 0 Å². The van der Waals surface area contributed by atoms with Gasteiger partial charge in [0.1, 0.15) is 0 Å². The van der Waals surface area contributed by atoms with Crippen LogP contribution in [0.4, 0.5) is 10.5 Å². The second-order valence-corrected chi connectivity index (χ2v) is 4.99. The van der Waals surface area contributed by atoms with Gasteiger partial charge in [0.05, 0.1) is 0 Å². The van der Waals surface area contributed by atoms with E-state index in [0.29, 0.717) is 0 Å². The Morgan fingerprint density at radius 3 is 1.95 bits per heavy atom. The monoisotopic (exact) mass is 277 g/mol. The Morgan fingerprint density at radius 1 is 1.00 bits per heavy atom. The molecule has 1 aromatic rings. The van der Waals surface area contributed by atoms with Crippen LogP contribution in [-0.2, 0) is 0 Å². The van der Waals surface area contributed by atoms with Crippen LogP contribution in [0.2, 0.25) is 0 Å².